The first-order chi connectivity index (χ1) is 23.1. The first-order valence-corrected chi connectivity index (χ1v) is 16.2. The van der Waals surface area contributed by atoms with Crippen molar-refractivity contribution in [2.75, 3.05) is 6.16 Å². The van der Waals surface area contributed by atoms with Gasteiger partial charge in [0.2, 0.25) is 0 Å². The molecule has 0 saturated carbocycles. The van der Waals surface area contributed by atoms with Crippen molar-refractivity contribution >= 4 is 6.57 Å². The fourth-order valence-electron chi connectivity index (χ4n) is 4.71. The van der Waals surface area contributed by atoms with Crippen molar-refractivity contribution < 1.29 is 78.7 Å². The van der Waals surface area contributed by atoms with Crippen LogP contribution >= 0.6 is 6.57 Å². The smallest absolute Gasteiger partial charge is 0.207 e. The summed E-state index contributed by atoms with van der Waals surface area (Å²) in [7, 11) is 0. The van der Waals surface area contributed by atoms with E-state index in [9.17, 15) is 74.3 Å². The van der Waals surface area contributed by atoms with E-state index in [1.807, 2.05) is 42.5 Å². The monoisotopic (exact) mass is 775 g/mol. The maximum absolute atomic E-state index is 14.5. The maximum atomic E-state index is 14.5. The average molecular weight is 775 g/mol. The van der Waals surface area contributed by atoms with Crippen LogP contribution in [0.25, 0.3) is 33.8 Å². The molecule has 0 bridgehead atoms. The molecule has 0 spiro atoms. The van der Waals surface area contributed by atoms with Gasteiger partial charge < -0.3 is 0 Å². The summed E-state index contributed by atoms with van der Waals surface area (Å²) >= 11 is 0. The molecule has 0 N–H and O–H groups in total. The van der Waals surface area contributed by atoms with Gasteiger partial charge in [-0.05, 0) is 29.8 Å². The average Bonchev–Trinajstić information content (AvgIpc) is 3.04. The fraction of sp³-hybridized carbons (Fsp3) is 0.226. The third-order valence-corrected chi connectivity index (χ3v) is 13.3. The van der Waals surface area contributed by atoms with Crippen LogP contribution in [0, 0.1) is 11.3 Å². The van der Waals surface area contributed by atoms with Gasteiger partial charge >= 0.3 is 145 Å². The van der Waals surface area contributed by atoms with Crippen LogP contribution < -0.4 is 0 Å². The van der Waals surface area contributed by atoms with Crippen molar-refractivity contribution in [3.8, 4) is 39.8 Å². The van der Waals surface area contributed by atoms with E-state index in [0.29, 0.717) is 0 Å². The molecule has 0 aliphatic rings. The SMILES string of the molecule is N#CC[P-](F)(F)(C(F)(F)C(F)(F)F)(C(F)(F)C(F)(F)F)C(F)(F)C(F)(F)F.c1ccc(-c2cc(-c3ccccc3)[o+]c(-c3ccccc3)c2)cc1. The van der Waals surface area contributed by atoms with E-state index in [1.165, 1.54) is 5.56 Å². The van der Waals surface area contributed by atoms with Gasteiger partial charge in [-0.2, -0.15) is 0 Å². The summed E-state index contributed by atoms with van der Waals surface area (Å²) in [4.78, 5) is 0. The van der Waals surface area contributed by atoms with Crippen LogP contribution in [0.4, 0.5) is 74.3 Å². The van der Waals surface area contributed by atoms with Gasteiger partial charge in [-0.15, -0.1) is 0 Å². The molecule has 0 saturated heterocycles. The maximum Gasteiger partial charge on any atom is 0.361 e. The predicted molar refractivity (Wildman–Crippen MR) is 152 cm³/mol. The second-order valence-corrected chi connectivity index (χ2v) is 16.0. The molecular formula is C31H19F17NOP. The van der Waals surface area contributed by atoms with E-state index < -0.39 is 54.3 Å². The normalized spacial score (nSPS) is 14.7. The molecule has 0 unspecified atom stereocenters. The minimum Gasteiger partial charge on any atom is -0.207 e. The van der Waals surface area contributed by atoms with E-state index >= 15 is 0 Å². The minimum absolute atomic E-state index is 0.871. The van der Waals surface area contributed by atoms with E-state index in [4.69, 9.17) is 9.68 Å². The summed E-state index contributed by atoms with van der Waals surface area (Å²) in [5.74, 6) is 1.74. The number of nitrogens with zero attached hydrogens (tertiary/aromatic N) is 1. The molecule has 1 aromatic heterocycles. The molecule has 51 heavy (non-hydrogen) atoms. The Morgan fingerprint density at radius 3 is 0.980 bits per heavy atom. The van der Waals surface area contributed by atoms with Crippen molar-refractivity contribution in [1.82, 2.24) is 0 Å². The number of halogens is 17. The quantitative estimate of drug-likeness (QED) is 0.106. The Morgan fingerprint density at radius 1 is 0.451 bits per heavy atom. The molecule has 3 aromatic carbocycles. The third-order valence-electron chi connectivity index (χ3n) is 7.54. The largest absolute Gasteiger partial charge is 0.361 e. The van der Waals surface area contributed by atoms with E-state index in [0.717, 1.165) is 28.2 Å². The zero-order chi connectivity index (χ0) is 39.0. The Kier molecular flexibility index (Phi) is 10.2. The Labute approximate surface area is 275 Å². The van der Waals surface area contributed by atoms with Crippen LogP contribution in [0.5, 0.6) is 0 Å². The zero-order valence-electron chi connectivity index (χ0n) is 24.8. The number of nitriles is 1. The second-order valence-electron chi connectivity index (χ2n) is 10.7. The molecule has 0 radical (unpaired) electrons. The molecule has 4 aromatic rings. The van der Waals surface area contributed by atoms with Gasteiger partial charge in [-0.1, -0.05) is 66.7 Å². The van der Waals surface area contributed by atoms with Crippen LogP contribution in [0.2, 0.25) is 0 Å². The van der Waals surface area contributed by atoms with Crippen molar-refractivity contribution in [2.45, 2.75) is 35.5 Å². The molecule has 0 aliphatic carbocycles. The van der Waals surface area contributed by atoms with Crippen molar-refractivity contribution in [2.24, 2.45) is 0 Å². The Hall–Kier alpha value is -4.46. The Balaban J connectivity index is 0.000000276. The minimum atomic E-state index is -13.9. The molecule has 0 fully saturated rings. The van der Waals surface area contributed by atoms with Crippen LogP contribution in [-0.2, 0) is 0 Å². The Morgan fingerprint density at radius 2 is 0.725 bits per heavy atom. The number of hydrogen-bond acceptors (Lipinski definition) is 1. The molecular weight excluding hydrogens is 756 g/mol. The molecule has 0 aliphatic heterocycles. The Bertz CT molecular complexity index is 1670. The summed E-state index contributed by atoms with van der Waals surface area (Å²) in [5, 5.41) is 7.82. The first-order valence-electron chi connectivity index (χ1n) is 13.5. The second kappa shape index (κ2) is 12.6. The van der Waals surface area contributed by atoms with E-state index in [-0.39, 0.29) is 0 Å². The van der Waals surface area contributed by atoms with Crippen LogP contribution in [0.1, 0.15) is 0 Å². The van der Waals surface area contributed by atoms with E-state index in [2.05, 4.69) is 60.7 Å². The van der Waals surface area contributed by atoms with Gasteiger partial charge in [-0.3, -0.25) is 0 Å². The van der Waals surface area contributed by atoms with Gasteiger partial charge in [0.15, 0.2) is 0 Å². The molecule has 2 nitrogen and oxygen atoms in total. The van der Waals surface area contributed by atoms with E-state index in [1.54, 1.807) is 0 Å². The summed E-state index contributed by atoms with van der Waals surface area (Å²) in [6, 6.07) is 34.2. The first kappa shape index (κ1) is 41.0. The summed E-state index contributed by atoms with van der Waals surface area (Å²) in [6.45, 7) is -13.9. The summed E-state index contributed by atoms with van der Waals surface area (Å²) in [6.07, 6.45) is -30.5. The zero-order valence-corrected chi connectivity index (χ0v) is 25.6. The van der Waals surface area contributed by atoms with Gasteiger partial charge in [0.1, 0.15) is 0 Å². The van der Waals surface area contributed by atoms with Crippen LogP contribution in [-0.4, -0.2) is 41.7 Å². The fourth-order valence-corrected chi connectivity index (χ4v) is 8.56. The molecule has 20 heteroatoms. The summed E-state index contributed by atoms with van der Waals surface area (Å²) < 4.78 is 226. The van der Waals surface area contributed by atoms with Crippen LogP contribution in [0.3, 0.4) is 0 Å². The van der Waals surface area contributed by atoms with Crippen LogP contribution in [0.15, 0.2) is 108 Å². The van der Waals surface area contributed by atoms with Crippen molar-refractivity contribution in [3.63, 3.8) is 0 Å². The molecule has 278 valence electrons. The molecule has 0 atom stereocenters. The number of alkyl halides is 15. The standard InChI is InChI=1S/C23H17O.C8H2F17NP/c1-4-10-18(11-5-1)21-16-22(19-12-6-2-7-13-19)24-23(17-21)20-14-8-3-9-15-20;9-3(10,11)6(18,19)27(24,25,2-1-26,7(20,21)4(12,13)14)8(22,23)5(15,16)17/h1-17H;2H2/q+1;-1. The molecule has 4 rings (SSSR count). The summed E-state index contributed by atoms with van der Waals surface area (Å²) in [5.41, 5.74) is -23.4. The van der Waals surface area contributed by atoms with Gasteiger partial charge in [-0.25, -0.2) is 4.42 Å². The predicted octanol–water partition coefficient (Wildman–Crippen LogP) is 13.4. The topological polar surface area (TPSA) is 35.1 Å². The number of rotatable bonds is 7. The molecule has 1 heterocycles. The van der Waals surface area contributed by atoms with Gasteiger partial charge in [0.05, 0.1) is 23.3 Å². The number of benzene rings is 3. The van der Waals surface area contributed by atoms with Gasteiger partial charge in [0, 0.05) is 5.56 Å². The van der Waals surface area contributed by atoms with Gasteiger partial charge in [0.25, 0.3) is 0 Å². The van der Waals surface area contributed by atoms with Crippen molar-refractivity contribution in [3.05, 3.63) is 103 Å². The number of hydrogen-bond donors (Lipinski definition) is 0. The third kappa shape index (κ3) is 5.84. The van der Waals surface area contributed by atoms with Crippen molar-refractivity contribution in [1.29, 1.82) is 5.26 Å². The molecule has 0 amide bonds.